The van der Waals surface area contributed by atoms with Gasteiger partial charge in [-0.05, 0) is 94.2 Å². The van der Waals surface area contributed by atoms with Crippen molar-refractivity contribution in [3.63, 3.8) is 0 Å². The van der Waals surface area contributed by atoms with Crippen molar-refractivity contribution in [3.8, 4) is 11.5 Å². The number of H-pyrrole nitrogens is 1. The number of aromatic amines is 1. The Morgan fingerprint density at radius 1 is 0.907 bits per heavy atom. The molecule has 11 heteroatoms. The minimum atomic E-state index is -0.903. The maximum Gasteiger partial charge on any atom is 0.254 e. The summed E-state index contributed by atoms with van der Waals surface area (Å²) >= 11 is 0. The van der Waals surface area contributed by atoms with E-state index in [-0.39, 0.29) is 48.1 Å². The van der Waals surface area contributed by atoms with Crippen molar-refractivity contribution in [1.82, 2.24) is 25.4 Å². The van der Waals surface area contributed by atoms with E-state index in [2.05, 4.69) is 27.8 Å². The van der Waals surface area contributed by atoms with E-state index >= 15 is 0 Å². The lowest BCUT2D eigenvalue weighted by Gasteiger charge is -2.42. The van der Waals surface area contributed by atoms with Crippen LogP contribution < -0.4 is 20.1 Å². The van der Waals surface area contributed by atoms with Crippen molar-refractivity contribution in [1.29, 1.82) is 0 Å². The molecule has 2 saturated heterocycles. The fourth-order valence-corrected chi connectivity index (χ4v) is 8.20. The predicted octanol–water partition coefficient (Wildman–Crippen LogP) is 5.34. The van der Waals surface area contributed by atoms with Gasteiger partial charge in [-0.15, -0.1) is 0 Å². The Balaban J connectivity index is 1.26. The van der Waals surface area contributed by atoms with Crippen molar-refractivity contribution in [2.24, 2.45) is 17.8 Å². The van der Waals surface area contributed by atoms with Crippen LogP contribution in [0.3, 0.4) is 0 Å². The van der Waals surface area contributed by atoms with Gasteiger partial charge in [-0.1, -0.05) is 48.5 Å². The maximum atomic E-state index is 14.6. The molecule has 0 aliphatic carbocycles. The molecule has 4 aromatic rings. The number of hydrogen-bond acceptors (Lipinski definition) is 6. The molecule has 0 saturated carbocycles. The fourth-order valence-electron chi connectivity index (χ4n) is 8.20. The minimum absolute atomic E-state index is 0.0660. The number of benzene rings is 3. The minimum Gasteiger partial charge on any atom is -0.493 e. The number of nitrogens with one attached hydrogen (secondary N) is 3. The normalized spacial score (nSPS) is 19.0. The number of methoxy groups -OCH3 is 1. The first-order valence-electron chi connectivity index (χ1n) is 19.0. The summed E-state index contributed by atoms with van der Waals surface area (Å²) in [5.41, 5.74) is 2.54. The topological polar surface area (TPSA) is 133 Å². The molecule has 0 radical (unpaired) electrons. The lowest BCUT2D eigenvalue weighted by molar-refractivity contribution is -0.144. The molecule has 4 atom stereocenters. The quantitative estimate of drug-likeness (QED) is 0.170. The van der Waals surface area contributed by atoms with Crippen LogP contribution in [0.15, 0.2) is 79.0 Å². The van der Waals surface area contributed by atoms with Crippen LogP contribution >= 0.6 is 0 Å². The smallest absolute Gasteiger partial charge is 0.254 e. The summed E-state index contributed by atoms with van der Waals surface area (Å²) in [6, 6.07) is 22.4. The molecule has 2 fully saturated rings. The average Bonchev–Trinajstić information content (AvgIpc) is 3.82. The number of aromatic nitrogens is 1. The lowest BCUT2D eigenvalue weighted by atomic mass is 9.77. The molecule has 11 nitrogen and oxygen atoms in total. The van der Waals surface area contributed by atoms with E-state index < -0.39 is 17.4 Å². The van der Waals surface area contributed by atoms with Gasteiger partial charge in [0.25, 0.3) is 5.91 Å². The molecule has 6 rings (SSSR count). The van der Waals surface area contributed by atoms with E-state index in [4.69, 9.17) is 9.47 Å². The van der Waals surface area contributed by atoms with Gasteiger partial charge in [0, 0.05) is 55.9 Å². The highest BCUT2D eigenvalue weighted by atomic mass is 16.5. The molecule has 2 aliphatic heterocycles. The number of fused-ring (bicyclic) bond motifs is 2. The molecular weight excluding hydrogens is 683 g/mol. The number of para-hydroxylation sites is 1. The number of hydrogen-bond donors (Lipinski definition) is 3. The molecule has 3 unspecified atom stereocenters. The number of nitrogens with zero attached hydrogens (tertiary/aromatic N) is 2. The first-order valence-corrected chi connectivity index (χ1v) is 19.0. The number of carbonyl (C=O) groups excluding carboxylic acids is 4. The van der Waals surface area contributed by atoms with Crippen LogP contribution in [0, 0.1) is 17.8 Å². The van der Waals surface area contributed by atoms with E-state index in [0.29, 0.717) is 49.5 Å². The van der Waals surface area contributed by atoms with Crippen LogP contribution in [-0.2, 0) is 26.2 Å². The van der Waals surface area contributed by atoms with Gasteiger partial charge in [-0.2, -0.15) is 0 Å². The highest BCUT2D eigenvalue weighted by Crippen LogP contribution is 2.40. The zero-order chi connectivity index (χ0) is 38.6. The van der Waals surface area contributed by atoms with Crippen molar-refractivity contribution >= 4 is 34.5 Å². The number of rotatable bonds is 13. The average molecular weight is 736 g/mol. The fraction of sp³-hybridized carbons (Fsp3) is 0.442. The third-order valence-electron chi connectivity index (χ3n) is 11.0. The Bertz CT molecular complexity index is 1970. The zero-order valence-corrected chi connectivity index (χ0v) is 32.2. The van der Waals surface area contributed by atoms with E-state index in [1.54, 1.807) is 42.2 Å². The van der Waals surface area contributed by atoms with Crippen LogP contribution in [0.1, 0.15) is 62.0 Å². The zero-order valence-electron chi connectivity index (χ0n) is 32.2. The molecule has 3 N–H and O–H groups in total. The maximum absolute atomic E-state index is 14.6. The van der Waals surface area contributed by atoms with Crippen LogP contribution in [-0.4, -0.2) is 90.9 Å². The van der Waals surface area contributed by atoms with Gasteiger partial charge in [0.15, 0.2) is 11.5 Å². The second kappa shape index (κ2) is 16.4. The van der Waals surface area contributed by atoms with Crippen LogP contribution in [0.2, 0.25) is 0 Å². The number of aryl methyl sites for hydroxylation is 1. The number of carbonyl (C=O) groups is 4. The second-order valence-corrected chi connectivity index (χ2v) is 15.4. The summed E-state index contributed by atoms with van der Waals surface area (Å²) in [5.74, 6) is -0.807. The molecule has 54 heavy (non-hydrogen) atoms. The van der Waals surface area contributed by atoms with E-state index in [1.165, 1.54) is 0 Å². The molecular formula is C43H53N5O6. The molecule has 2 aliphatic rings. The first kappa shape index (κ1) is 38.4. The van der Waals surface area contributed by atoms with Crippen molar-refractivity contribution in [2.45, 2.75) is 64.5 Å². The summed E-state index contributed by atoms with van der Waals surface area (Å²) in [5, 5.41) is 6.76. The summed E-state index contributed by atoms with van der Waals surface area (Å²) < 4.78 is 11.4. The summed E-state index contributed by atoms with van der Waals surface area (Å²) in [4.78, 5) is 63.1. The number of likely N-dealkylation sites (tertiary alicyclic amines) is 2. The summed E-state index contributed by atoms with van der Waals surface area (Å²) in [6.07, 6.45) is 3.76. The summed E-state index contributed by atoms with van der Waals surface area (Å²) in [7, 11) is 3.11. The van der Waals surface area contributed by atoms with Gasteiger partial charge in [-0.3, -0.25) is 19.2 Å². The Kier molecular flexibility index (Phi) is 11.6. The Morgan fingerprint density at radius 2 is 1.63 bits per heavy atom. The Morgan fingerprint density at radius 3 is 2.35 bits per heavy atom. The highest BCUT2D eigenvalue weighted by Gasteiger charge is 2.50. The third kappa shape index (κ3) is 8.10. The van der Waals surface area contributed by atoms with Gasteiger partial charge in [0.2, 0.25) is 17.7 Å². The molecule has 0 spiro atoms. The number of ether oxygens (including phenoxy) is 2. The molecule has 3 aromatic carbocycles. The van der Waals surface area contributed by atoms with Gasteiger partial charge in [0.1, 0.15) is 6.04 Å². The van der Waals surface area contributed by atoms with Crippen molar-refractivity contribution in [3.05, 3.63) is 95.7 Å². The van der Waals surface area contributed by atoms with Gasteiger partial charge >= 0.3 is 0 Å². The van der Waals surface area contributed by atoms with E-state index in [9.17, 15) is 19.2 Å². The van der Waals surface area contributed by atoms with Crippen LogP contribution in [0.5, 0.6) is 11.5 Å². The molecule has 3 heterocycles. The van der Waals surface area contributed by atoms with Crippen molar-refractivity contribution in [2.75, 3.05) is 40.3 Å². The number of likely N-dealkylation sites (N-methyl/N-ethyl adjacent to an activating group) is 1. The second-order valence-electron chi connectivity index (χ2n) is 15.4. The Labute approximate surface area is 317 Å². The van der Waals surface area contributed by atoms with Crippen molar-refractivity contribution < 1.29 is 28.7 Å². The summed E-state index contributed by atoms with van der Waals surface area (Å²) in [6.45, 7) is 9.01. The molecule has 0 bridgehead atoms. The largest absolute Gasteiger partial charge is 0.493 e. The first-order chi connectivity index (χ1) is 25.9. The molecule has 1 aromatic heterocycles. The van der Waals surface area contributed by atoms with Gasteiger partial charge in [0.05, 0.1) is 24.5 Å². The van der Waals surface area contributed by atoms with E-state index in [0.717, 1.165) is 28.5 Å². The van der Waals surface area contributed by atoms with E-state index in [1.807, 2.05) is 76.4 Å². The Hall–Kier alpha value is -5.32. The SMILES string of the molecule is CNC(=O)[C@H](CCCc1ccccc1)NC(=O)C1CN(C(=O)C(C)(C)c2c[nH]c3ccccc23)CC2CN(C(=O)c3ccc(OC(C)C)c(OC)c3)CC21. The standard InChI is InChI=1S/C43H53N5O6/c1-27(2)54-37-20-19-29(21-38(37)53-6)41(51)47-23-30-24-48(42(52)43(3,4)34-22-45-35-17-11-10-16-31(34)35)26-33(32(30)25-47)39(49)46-36(40(50)44-5)18-12-15-28-13-8-7-9-14-28/h7-11,13-14,16-17,19-22,27,30,32-33,36,45H,12,15,18,23-26H2,1-6H3,(H,44,50)(H,46,49)/t30?,32?,33?,36-/m0/s1. The van der Waals surface area contributed by atoms with Crippen LogP contribution in [0.25, 0.3) is 10.9 Å². The van der Waals surface area contributed by atoms with Crippen LogP contribution in [0.4, 0.5) is 0 Å². The van der Waals surface area contributed by atoms with Gasteiger partial charge < -0.3 is 34.9 Å². The third-order valence-corrected chi connectivity index (χ3v) is 11.0. The molecule has 286 valence electrons. The number of piperidine rings is 1. The number of amides is 4. The monoisotopic (exact) mass is 735 g/mol. The molecule has 4 amide bonds. The predicted molar refractivity (Wildman–Crippen MR) is 208 cm³/mol. The highest BCUT2D eigenvalue weighted by molar-refractivity contribution is 5.97. The van der Waals surface area contributed by atoms with Gasteiger partial charge in [-0.25, -0.2) is 0 Å². The lowest BCUT2D eigenvalue weighted by Crippen LogP contribution is -2.58.